The zero-order valence-electron chi connectivity index (χ0n) is 11.2. The van der Waals surface area contributed by atoms with E-state index in [1.165, 1.54) is 6.33 Å². The van der Waals surface area contributed by atoms with E-state index in [1.807, 2.05) is 25.1 Å². The normalized spacial score (nSPS) is 18.1. The van der Waals surface area contributed by atoms with Crippen LogP contribution in [0.5, 0.6) is 0 Å². The van der Waals surface area contributed by atoms with Gasteiger partial charge in [-0.3, -0.25) is 4.79 Å². The molecule has 0 spiro atoms. The Balaban J connectivity index is 1.81. The number of amides is 1. The second kappa shape index (κ2) is 5.38. The van der Waals surface area contributed by atoms with Crippen LogP contribution in [0.4, 0.5) is 5.69 Å². The van der Waals surface area contributed by atoms with Crippen molar-refractivity contribution in [2.24, 2.45) is 0 Å². The number of anilines is 1. The molecule has 1 saturated heterocycles. The van der Waals surface area contributed by atoms with Crippen LogP contribution < -0.4 is 10.6 Å². The molecule has 1 aliphatic rings. The van der Waals surface area contributed by atoms with Crippen LogP contribution in [0.2, 0.25) is 0 Å². The van der Waals surface area contributed by atoms with Crippen molar-refractivity contribution in [2.45, 2.75) is 25.8 Å². The van der Waals surface area contributed by atoms with Crippen LogP contribution in [0.3, 0.4) is 0 Å². The molecule has 0 aliphatic carbocycles. The molecular weight excluding hydrogens is 256 g/mol. The summed E-state index contributed by atoms with van der Waals surface area (Å²) in [5, 5.41) is 17.2. The van der Waals surface area contributed by atoms with Crippen molar-refractivity contribution in [1.82, 2.24) is 25.5 Å². The molecule has 0 unspecified atom stereocenters. The Labute approximate surface area is 116 Å². The molecule has 1 aliphatic heterocycles. The second-order valence-corrected chi connectivity index (χ2v) is 4.89. The molecular formula is C13H16N6O. The Hall–Kier alpha value is -2.28. The lowest BCUT2D eigenvalue weighted by Gasteiger charge is -2.14. The summed E-state index contributed by atoms with van der Waals surface area (Å²) >= 11 is 0. The van der Waals surface area contributed by atoms with Crippen molar-refractivity contribution in [3.63, 3.8) is 0 Å². The van der Waals surface area contributed by atoms with Gasteiger partial charge in [0.25, 0.3) is 0 Å². The summed E-state index contributed by atoms with van der Waals surface area (Å²) in [6.07, 6.45) is 3.45. The molecule has 1 fully saturated rings. The molecule has 2 aromatic rings. The van der Waals surface area contributed by atoms with Crippen molar-refractivity contribution in [1.29, 1.82) is 0 Å². The van der Waals surface area contributed by atoms with Gasteiger partial charge in [-0.15, -0.1) is 5.10 Å². The Bertz CT molecular complexity index is 603. The predicted octanol–water partition coefficient (Wildman–Crippen LogP) is 0.661. The lowest BCUT2D eigenvalue weighted by Crippen LogP contribution is -2.35. The van der Waals surface area contributed by atoms with Crippen LogP contribution in [0.1, 0.15) is 18.4 Å². The Morgan fingerprint density at radius 2 is 2.40 bits per heavy atom. The molecule has 0 bridgehead atoms. The average molecular weight is 272 g/mol. The van der Waals surface area contributed by atoms with Gasteiger partial charge in [0, 0.05) is 5.69 Å². The third-order valence-corrected chi connectivity index (χ3v) is 3.47. The highest BCUT2D eigenvalue weighted by molar-refractivity contribution is 5.95. The first-order valence-corrected chi connectivity index (χ1v) is 6.62. The van der Waals surface area contributed by atoms with Gasteiger partial charge < -0.3 is 10.6 Å². The molecule has 0 saturated carbocycles. The van der Waals surface area contributed by atoms with Crippen LogP contribution in [-0.4, -0.2) is 38.7 Å². The zero-order valence-corrected chi connectivity index (χ0v) is 11.2. The Morgan fingerprint density at radius 1 is 1.50 bits per heavy atom. The van der Waals surface area contributed by atoms with E-state index in [1.54, 1.807) is 4.68 Å². The number of tetrazole rings is 1. The number of nitrogens with zero attached hydrogens (tertiary/aromatic N) is 4. The van der Waals surface area contributed by atoms with Gasteiger partial charge in [-0.05, 0) is 54.4 Å². The standard InChI is InChI=1S/C13H16N6O/c1-9-4-5-10(19-8-15-17-18-19)7-12(9)16-13(20)11-3-2-6-14-11/h4-5,7-8,11,14H,2-3,6H2,1H3,(H,16,20)/t11-/m0/s1. The van der Waals surface area contributed by atoms with Crippen molar-refractivity contribution in [2.75, 3.05) is 11.9 Å². The van der Waals surface area contributed by atoms with E-state index in [2.05, 4.69) is 26.2 Å². The largest absolute Gasteiger partial charge is 0.324 e. The zero-order chi connectivity index (χ0) is 13.9. The van der Waals surface area contributed by atoms with Gasteiger partial charge in [-0.25, -0.2) is 4.68 Å². The third kappa shape index (κ3) is 2.53. The molecule has 2 N–H and O–H groups in total. The third-order valence-electron chi connectivity index (χ3n) is 3.47. The van der Waals surface area contributed by atoms with Gasteiger partial charge in [0.15, 0.2) is 0 Å². The fourth-order valence-electron chi connectivity index (χ4n) is 2.29. The maximum absolute atomic E-state index is 12.1. The molecule has 0 radical (unpaired) electrons. The van der Waals surface area contributed by atoms with Gasteiger partial charge >= 0.3 is 0 Å². The van der Waals surface area contributed by atoms with Crippen molar-refractivity contribution >= 4 is 11.6 Å². The van der Waals surface area contributed by atoms with Gasteiger partial charge in [0.2, 0.25) is 5.91 Å². The van der Waals surface area contributed by atoms with Crippen molar-refractivity contribution in [3.8, 4) is 5.69 Å². The molecule has 7 nitrogen and oxygen atoms in total. The number of nitrogens with one attached hydrogen (secondary N) is 2. The smallest absolute Gasteiger partial charge is 0.241 e. The highest BCUT2D eigenvalue weighted by Gasteiger charge is 2.22. The highest BCUT2D eigenvalue weighted by atomic mass is 16.2. The first-order valence-electron chi connectivity index (χ1n) is 6.62. The van der Waals surface area contributed by atoms with Crippen LogP contribution in [0.25, 0.3) is 5.69 Å². The minimum absolute atomic E-state index is 0.0134. The molecule has 1 atom stereocenters. The minimum Gasteiger partial charge on any atom is -0.324 e. The summed E-state index contributed by atoms with van der Waals surface area (Å²) in [6, 6.07) is 5.63. The molecule has 20 heavy (non-hydrogen) atoms. The number of aromatic nitrogens is 4. The molecule has 1 amide bonds. The number of carbonyl (C=O) groups excluding carboxylic acids is 1. The van der Waals surface area contributed by atoms with E-state index in [9.17, 15) is 4.79 Å². The number of hydrogen-bond acceptors (Lipinski definition) is 5. The first kappa shape index (κ1) is 12.7. The maximum Gasteiger partial charge on any atom is 0.241 e. The van der Waals surface area contributed by atoms with Crippen LogP contribution in [-0.2, 0) is 4.79 Å². The quantitative estimate of drug-likeness (QED) is 0.857. The molecule has 7 heteroatoms. The molecule has 104 valence electrons. The summed E-state index contributed by atoms with van der Waals surface area (Å²) in [5.74, 6) is 0.0134. The molecule has 3 rings (SSSR count). The van der Waals surface area contributed by atoms with Crippen LogP contribution in [0.15, 0.2) is 24.5 Å². The number of rotatable bonds is 3. The van der Waals surface area contributed by atoms with E-state index >= 15 is 0 Å². The monoisotopic (exact) mass is 272 g/mol. The SMILES string of the molecule is Cc1ccc(-n2cnnn2)cc1NC(=O)[C@@H]1CCCN1. The van der Waals surface area contributed by atoms with Gasteiger partial charge in [-0.2, -0.15) is 0 Å². The Morgan fingerprint density at radius 3 is 3.10 bits per heavy atom. The molecule has 2 heterocycles. The highest BCUT2D eigenvalue weighted by Crippen LogP contribution is 2.20. The van der Waals surface area contributed by atoms with Crippen molar-refractivity contribution < 1.29 is 4.79 Å². The summed E-state index contributed by atoms with van der Waals surface area (Å²) in [7, 11) is 0. The average Bonchev–Trinajstić information content (AvgIpc) is 3.14. The number of aryl methyl sites for hydroxylation is 1. The topological polar surface area (TPSA) is 84.7 Å². The summed E-state index contributed by atoms with van der Waals surface area (Å²) in [5.41, 5.74) is 2.61. The van der Waals surface area contributed by atoms with Gasteiger partial charge in [-0.1, -0.05) is 6.07 Å². The van der Waals surface area contributed by atoms with E-state index in [4.69, 9.17) is 0 Å². The maximum atomic E-state index is 12.1. The van der Waals surface area contributed by atoms with Crippen LogP contribution >= 0.6 is 0 Å². The van der Waals surface area contributed by atoms with Gasteiger partial charge in [0.05, 0.1) is 11.7 Å². The van der Waals surface area contributed by atoms with E-state index in [0.29, 0.717) is 0 Å². The lowest BCUT2D eigenvalue weighted by molar-refractivity contribution is -0.117. The predicted molar refractivity (Wildman–Crippen MR) is 73.5 cm³/mol. The first-order chi connectivity index (χ1) is 9.74. The van der Waals surface area contributed by atoms with E-state index in [-0.39, 0.29) is 11.9 Å². The second-order valence-electron chi connectivity index (χ2n) is 4.89. The van der Waals surface area contributed by atoms with E-state index in [0.717, 1.165) is 36.3 Å². The fourth-order valence-corrected chi connectivity index (χ4v) is 2.29. The van der Waals surface area contributed by atoms with E-state index < -0.39 is 0 Å². The van der Waals surface area contributed by atoms with Crippen molar-refractivity contribution in [3.05, 3.63) is 30.1 Å². The molecule has 1 aromatic carbocycles. The number of benzene rings is 1. The number of hydrogen-bond donors (Lipinski definition) is 2. The minimum atomic E-state index is -0.0916. The molecule has 1 aromatic heterocycles. The van der Waals surface area contributed by atoms with Gasteiger partial charge in [0.1, 0.15) is 6.33 Å². The summed E-state index contributed by atoms with van der Waals surface area (Å²) in [4.78, 5) is 12.1. The summed E-state index contributed by atoms with van der Waals surface area (Å²) < 4.78 is 1.56. The van der Waals surface area contributed by atoms with Crippen LogP contribution in [0, 0.1) is 6.92 Å². The summed E-state index contributed by atoms with van der Waals surface area (Å²) in [6.45, 7) is 2.86. The number of carbonyl (C=O) groups is 1. The Kier molecular flexibility index (Phi) is 3.42. The fraction of sp³-hybridized carbons (Fsp3) is 0.385. The lowest BCUT2D eigenvalue weighted by atomic mass is 10.1.